The number of aryl methyl sites for hydroxylation is 1. The minimum Gasteiger partial charge on any atom is -0.316 e. The van der Waals surface area contributed by atoms with Gasteiger partial charge in [-0.1, -0.05) is 6.92 Å². The number of halogens is 1. The predicted molar refractivity (Wildman–Crippen MR) is 95.2 cm³/mol. The van der Waals surface area contributed by atoms with Crippen LogP contribution >= 0.6 is 0 Å². The Bertz CT molecular complexity index is 866. The molecule has 4 heteroatoms. The van der Waals surface area contributed by atoms with E-state index in [9.17, 15) is 4.39 Å². The van der Waals surface area contributed by atoms with E-state index in [1.165, 1.54) is 29.7 Å². The first-order valence-corrected chi connectivity index (χ1v) is 8.58. The van der Waals surface area contributed by atoms with E-state index >= 15 is 0 Å². The molecule has 3 aromatic rings. The molecule has 0 radical (unpaired) electrons. The maximum atomic E-state index is 13.2. The van der Waals surface area contributed by atoms with Crippen molar-refractivity contribution >= 4 is 10.9 Å². The smallest absolute Gasteiger partial charge is 0.123 e. The van der Waals surface area contributed by atoms with Gasteiger partial charge in [0.2, 0.25) is 0 Å². The second-order valence-electron chi connectivity index (χ2n) is 6.88. The van der Waals surface area contributed by atoms with E-state index in [1.54, 1.807) is 12.1 Å². The molecule has 2 aromatic carbocycles. The molecule has 2 atom stereocenters. The minimum atomic E-state index is -0.228. The van der Waals surface area contributed by atoms with Crippen LogP contribution in [0.25, 0.3) is 16.6 Å². The number of hydrogen-bond acceptors (Lipinski definition) is 2. The van der Waals surface area contributed by atoms with E-state index in [0.29, 0.717) is 11.8 Å². The lowest BCUT2D eigenvalue weighted by atomic mass is 9.80. The van der Waals surface area contributed by atoms with E-state index in [1.807, 2.05) is 10.9 Å². The van der Waals surface area contributed by atoms with Gasteiger partial charge in [-0.3, -0.25) is 0 Å². The number of fused-ring (bicyclic) bond motifs is 1. The summed E-state index contributed by atoms with van der Waals surface area (Å²) in [5, 5.41) is 9.14. The molecule has 2 unspecified atom stereocenters. The van der Waals surface area contributed by atoms with E-state index < -0.39 is 0 Å². The fourth-order valence-electron chi connectivity index (χ4n) is 3.86. The molecule has 124 valence electrons. The third-order valence-corrected chi connectivity index (χ3v) is 5.21. The van der Waals surface area contributed by atoms with Crippen LogP contribution in [0, 0.1) is 18.7 Å². The molecule has 1 aromatic heterocycles. The largest absolute Gasteiger partial charge is 0.316 e. The SMILES string of the molecule is Cc1cc2c(cnn2-c2ccc(F)cc2)cc1C1CCNCC1C. The monoisotopic (exact) mass is 323 g/mol. The van der Waals surface area contributed by atoms with Crippen molar-refractivity contribution in [2.75, 3.05) is 13.1 Å². The number of aromatic nitrogens is 2. The Morgan fingerprint density at radius 3 is 2.75 bits per heavy atom. The normalized spacial score (nSPS) is 21.3. The van der Waals surface area contributed by atoms with Crippen LogP contribution in [0.15, 0.2) is 42.6 Å². The third kappa shape index (κ3) is 2.61. The summed E-state index contributed by atoms with van der Waals surface area (Å²) in [6, 6.07) is 11.0. The zero-order valence-corrected chi connectivity index (χ0v) is 14.1. The third-order valence-electron chi connectivity index (χ3n) is 5.21. The van der Waals surface area contributed by atoms with E-state index in [2.05, 4.69) is 36.4 Å². The van der Waals surface area contributed by atoms with Gasteiger partial charge >= 0.3 is 0 Å². The van der Waals surface area contributed by atoms with Crippen molar-refractivity contribution in [3.8, 4) is 5.69 Å². The fraction of sp³-hybridized carbons (Fsp3) is 0.350. The van der Waals surface area contributed by atoms with Crippen LogP contribution in [0.1, 0.15) is 30.4 Å². The second kappa shape index (κ2) is 6.02. The van der Waals surface area contributed by atoms with Gasteiger partial charge in [0.05, 0.1) is 17.4 Å². The van der Waals surface area contributed by atoms with Gasteiger partial charge < -0.3 is 5.32 Å². The molecular formula is C20H22FN3. The first-order valence-electron chi connectivity index (χ1n) is 8.58. The first-order chi connectivity index (χ1) is 11.6. The van der Waals surface area contributed by atoms with Crippen LogP contribution in [0.2, 0.25) is 0 Å². The lowest BCUT2D eigenvalue weighted by Gasteiger charge is -2.31. The molecule has 3 nitrogen and oxygen atoms in total. The van der Waals surface area contributed by atoms with Gasteiger partial charge in [0, 0.05) is 5.39 Å². The lowest BCUT2D eigenvalue weighted by molar-refractivity contribution is 0.349. The average molecular weight is 323 g/mol. The number of benzene rings is 2. The highest BCUT2D eigenvalue weighted by Gasteiger charge is 2.24. The van der Waals surface area contributed by atoms with Crippen molar-refractivity contribution in [3.63, 3.8) is 0 Å². The molecule has 0 bridgehead atoms. The molecule has 1 fully saturated rings. The maximum absolute atomic E-state index is 13.2. The van der Waals surface area contributed by atoms with Crippen molar-refractivity contribution in [3.05, 3.63) is 59.5 Å². The molecule has 1 saturated heterocycles. The highest BCUT2D eigenvalue weighted by atomic mass is 19.1. The molecule has 0 saturated carbocycles. The number of hydrogen-bond donors (Lipinski definition) is 1. The zero-order chi connectivity index (χ0) is 16.7. The molecule has 0 aliphatic carbocycles. The van der Waals surface area contributed by atoms with Crippen LogP contribution in [0.5, 0.6) is 0 Å². The summed E-state index contributed by atoms with van der Waals surface area (Å²) in [5.74, 6) is 1.01. The number of rotatable bonds is 2. The minimum absolute atomic E-state index is 0.228. The summed E-state index contributed by atoms with van der Waals surface area (Å²) in [4.78, 5) is 0. The highest BCUT2D eigenvalue weighted by molar-refractivity contribution is 5.82. The second-order valence-corrected chi connectivity index (χ2v) is 6.88. The quantitative estimate of drug-likeness (QED) is 0.766. The molecule has 1 N–H and O–H groups in total. The highest BCUT2D eigenvalue weighted by Crippen LogP contribution is 2.34. The summed E-state index contributed by atoms with van der Waals surface area (Å²) in [6.07, 6.45) is 3.09. The molecule has 2 heterocycles. The van der Waals surface area contributed by atoms with Crippen molar-refractivity contribution in [2.45, 2.75) is 26.2 Å². The zero-order valence-electron chi connectivity index (χ0n) is 14.1. The van der Waals surface area contributed by atoms with Crippen molar-refractivity contribution in [2.24, 2.45) is 5.92 Å². The van der Waals surface area contributed by atoms with Crippen molar-refractivity contribution in [1.29, 1.82) is 0 Å². The van der Waals surface area contributed by atoms with Crippen molar-refractivity contribution < 1.29 is 4.39 Å². The predicted octanol–water partition coefficient (Wildman–Crippen LogP) is 4.19. The Balaban J connectivity index is 1.79. The maximum Gasteiger partial charge on any atom is 0.123 e. The van der Waals surface area contributed by atoms with Crippen LogP contribution in [0.4, 0.5) is 4.39 Å². The summed E-state index contributed by atoms with van der Waals surface area (Å²) >= 11 is 0. The summed E-state index contributed by atoms with van der Waals surface area (Å²) in [5.41, 5.74) is 4.71. The van der Waals surface area contributed by atoms with Crippen LogP contribution < -0.4 is 5.32 Å². The van der Waals surface area contributed by atoms with Crippen LogP contribution in [-0.4, -0.2) is 22.9 Å². The Kier molecular flexibility index (Phi) is 3.85. The molecule has 0 amide bonds. The van der Waals surface area contributed by atoms with Gasteiger partial charge in [-0.2, -0.15) is 5.10 Å². The number of piperidine rings is 1. The van der Waals surface area contributed by atoms with Gasteiger partial charge in [0.25, 0.3) is 0 Å². The molecule has 0 spiro atoms. The van der Waals surface area contributed by atoms with Crippen LogP contribution in [-0.2, 0) is 0 Å². The van der Waals surface area contributed by atoms with Gasteiger partial charge in [-0.15, -0.1) is 0 Å². The van der Waals surface area contributed by atoms with Crippen LogP contribution in [0.3, 0.4) is 0 Å². The molecule has 4 rings (SSSR count). The Labute approximate surface area is 141 Å². The average Bonchev–Trinajstić information content (AvgIpc) is 2.98. The lowest BCUT2D eigenvalue weighted by Crippen LogP contribution is -2.34. The molecule has 1 aliphatic rings. The number of nitrogens with zero attached hydrogens (tertiary/aromatic N) is 2. The molecule has 24 heavy (non-hydrogen) atoms. The number of nitrogens with one attached hydrogen (secondary N) is 1. The standard InChI is InChI=1S/C20H22FN3/c1-13-9-20-15(10-19(13)18-7-8-22-11-14(18)2)12-23-24(20)17-5-3-16(21)4-6-17/h3-6,9-10,12,14,18,22H,7-8,11H2,1-2H3. The Morgan fingerprint density at radius 2 is 2.00 bits per heavy atom. The molecule has 1 aliphatic heterocycles. The van der Waals surface area contributed by atoms with Gasteiger partial charge in [0.15, 0.2) is 0 Å². The van der Waals surface area contributed by atoms with E-state index in [0.717, 1.165) is 29.7 Å². The van der Waals surface area contributed by atoms with Gasteiger partial charge in [-0.25, -0.2) is 9.07 Å². The van der Waals surface area contributed by atoms with Gasteiger partial charge in [0.1, 0.15) is 5.82 Å². The summed E-state index contributed by atoms with van der Waals surface area (Å²) in [6.45, 7) is 6.67. The summed E-state index contributed by atoms with van der Waals surface area (Å²) < 4.78 is 15.1. The van der Waals surface area contributed by atoms with E-state index in [4.69, 9.17) is 0 Å². The summed E-state index contributed by atoms with van der Waals surface area (Å²) in [7, 11) is 0. The first kappa shape index (κ1) is 15.3. The topological polar surface area (TPSA) is 29.9 Å². The fourth-order valence-corrected chi connectivity index (χ4v) is 3.86. The van der Waals surface area contributed by atoms with Crippen molar-refractivity contribution in [1.82, 2.24) is 15.1 Å². The van der Waals surface area contributed by atoms with Gasteiger partial charge in [-0.05, 0) is 85.8 Å². The van der Waals surface area contributed by atoms with E-state index in [-0.39, 0.29) is 5.82 Å². The molecular weight excluding hydrogens is 301 g/mol. The Morgan fingerprint density at radius 1 is 1.21 bits per heavy atom. The Hall–Kier alpha value is -2.20.